The number of thiocarbonyl (C=S) groups is 1. The van der Waals surface area contributed by atoms with Gasteiger partial charge in [-0.2, -0.15) is 0 Å². The van der Waals surface area contributed by atoms with Gasteiger partial charge in [-0.1, -0.05) is 19.1 Å². The molecule has 0 radical (unpaired) electrons. The molecule has 2 N–H and O–H groups in total. The summed E-state index contributed by atoms with van der Waals surface area (Å²) in [5.74, 6) is 0.855. The van der Waals surface area contributed by atoms with E-state index in [0.29, 0.717) is 17.6 Å². The second-order valence-electron chi connectivity index (χ2n) is 4.76. The third kappa shape index (κ3) is 4.44. The lowest BCUT2D eigenvalue weighted by molar-refractivity contribution is 0.0976. The van der Waals surface area contributed by atoms with Crippen molar-refractivity contribution in [3.63, 3.8) is 0 Å². The van der Waals surface area contributed by atoms with Crippen molar-refractivity contribution in [2.24, 2.45) is 5.73 Å². The van der Waals surface area contributed by atoms with Crippen LogP contribution in [0, 0.1) is 0 Å². The molecule has 0 fully saturated rings. The number of hydrogen-bond donors (Lipinski definition) is 1. The third-order valence-corrected chi connectivity index (χ3v) is 3.61. The number of methoxy groups -OCH3 is 2. The molecule has 0 saturated heterocycles. The van der Waals surface area contributed by atoms with Crippen LogP contribution in [0.4, 0.5) is 0 Å². The minimum Gasteiger partial charge on any atom is -0.496 e. The van der Waals surface area contributed by atoms with Crippen LogP contribution in [0.5, 0.6) is 5.75 Å². The lowest BCUT2D eigenvalue weighted by Crippen LogP contribution is -2.35. The lowest BCUT2D eigenvalue weighted by atomic mass is 10.1. The van der Waals surface area contributed by atoms with Gasteiger partial charge in [-0.05, 0) is 31.7 Å². The van der Waals surface area contributed by atoms with E-state index in [1.54, 1.807) is 14.2 Å². The van der Waals surface area contributed by atoms with Gasteiger partial charge >= 0.3 is 0 Å². The van der Waals surface area contributed by atoms with E-state index in [1.165, 1.54) is 0 Å². The van der Waals surface area contributed by atoms with Crippen molar-refractivity contribution in [2.45, 2.75) is 26.4 Å². The average Bonchev–Trinajstić information content (AvgIpc) is 2.44. The Hall–Kier alpha value is -1.17. The molecule has 0 bridgehead atoms. The molecule has 0 saturated carbocycles. The summed E-state index contributed by atoms with van der Waals surface area (Å²) in [7, 11) is 3.40. The topological polar surface area (TPSA) is 47.7 Å². The second-order valence-corrected chi connectivity index (χ2v) is 5.20. The molecule has 0 spiro atoms. The normalized spacial score (nSPS) is 12.4. The number of nitrogens with zero attached hydrogens (tertiary/aromatic N) is 1. The highest BCUT2D eigenvalue weighted by Crippen LogP contribution is 2.22. The monoisotopic (exact) mass is 296 g/mol. The molecule has 1 atom stereocenters. The molecule has 4 nitrogen and oxygen atoms in total. The molecule has 1 unspecified atom stereocenters. The van der Waals surface area contributed by atoms with E-state index in [-0.39, 0.29) is 0 Å². The SMILES string of the molecule is CCN(Cc1cc(C(N)=S)ccc1OC)C(C)COC. The Morgan fingerprint density at radius 2 is 2.10 bits per heavy atom. The zero-order valence-corrected chi connectivity index (χ0v) is 13.5. The largest absolute Gasteiger partial charge is 0.496 e. The van der Waals surface area contributed by atoms with Crippen LogP contribution >= 0.6 is 12.2 Å². The molecular formula is C15H24N2O2S. The number of hydrogen-bond acceptors (Lipinski definition) is 4. The summed E-state index contributed by atoms with van der Waals surface area (Å²) in [6.07, 6.45) is 0. The fourth-order valence-electron chi connectivity index (χ4n) is 2.20. The fraction of sp³-hybridized carbons (Fsp3) is 0.533. The molecule has 0 heterocycles. The Labute approximate surface area is 126 Å². The summed E-state index contributed by atoms with van der Waals surface area (Å²) in [6.45, 7) is 6.70. The van der Waals surface area contributed by atoms with E-state index >= 15 is 0 Å². The average molecular weight is 296 g/mol. The van der Waals surface area contributed by atoms with Crippen molar-refractivity contribution in [3.05, 3.63) is 29.3 Å². The molecule has 5 heteroatoms. The van der Waals surface area contributed by atoms with Gasteiger partial charge in [0.25, 0.3) is 0 Å². The van der Waals surface area contributed by atoms with Crippen LogP contribution in [0.1, 0.15) is 25.0 Å². The molecule has 0 aromatic heterocycles. The van der Waals surface area contributed by atoms with Gasteiger partial charge in [0.15, 0.2) is 0 Å². The van der Waals surface area contributed by atoms with E-state index in [9.17, 15) is 0 Å². The van der Waals surface area contributed by atoms with Crippen molar-refractivity contribution < 1.29 is 9.47 Å². The first-order valence-electron chi connectivity index (χ1n) is 6.73. The maximum atomic E-state index is 5.70. The van der Waals surface area contributed by atoms with Crippen LogP contribution in [0.25, 0.3) is 0 Å². The van der Waals surface area contributed by atoms with Crippen molar-refractivity contribution in [2.75, 3.05) is 27.4 Å². The maximum absolute atomic E-state index is 5.70. The first-order valence-corrected chi connectivity index (χ1v) is 7.14. The Morgan fingerprint density at radius 3 is 2.60 bits per heavy atom. The number of benzene rings is 1. The van der Waals surface area contributed by atoms with Crippen molar-refractivity contribution in [1.29, 1.82) is 0 Å². The molecule has 0 amide bonds. The summed E-state index contributed by atoms with van der Waals surface area (Å²) in [5.41, 5.74) is 7.65. The molecule has 112 valence electrons. The molecule has 1 aromatic rings. The molecule has 0 aliphatic carbocycles. The van der Waals surface area contributed by atoms with E-state index in [0.717, 1.165) is 30.0 Å². The van der Waals surface area contributed by atoms with Gasteiger partial charge in [0, 0.05) is 30.8 Å². The summed E-state index contributed by atoms with van der Waals surface area (Å²) in [6, 6.07) is 6.14. The van der Waals surface area contributed by atoms with E-state index in [1.807, 2.05) is 18.2 Å². The van der Waals surface area contributed by atoms with Gasteiger partial charge in [0.2, 0.25) is 0 Å². The number of rotatable bonds is 8. The summed E-state index contributed by atoms with van der Waals surface area (Å²) >= 11 is 5.04. The zero-order chi connectivity index (χ0) is 15.1. The summed E-state index contributed by atoms with van der Waals surface area (Å²) < 4.78 is 10.7. The van der Waals surface area contributed by atoms with Crippen LogP contribution in [-0.4, -0.2) is 43.3 Å². The predicted molar refractivity (Wildman–Crippen MR) is 86.3 cm³/mol. The molecule has 0 aliphatic heterocycles. The first-order chi connectivity index (χ1) is 9.53. The summed E-state index contributed by atoms with van der Waals surface area (Å²) in [4.78, 5) is 2.73. The molecular weight excluding hydrogens is 272 g/mol. The van der Waals surface area contributed by atoms with Gasteiger partial charge in [0.1, 0.15) is 10.7 Å². The Bertz CT molecular complexity index is 451. The number of nitrogens with two attached hydrogens (primary N) is 1. The van der Waals surface area contributed by atoms with E-state index in [2.05, 4.69) is 18.7 Å². The highest BCUT2D eigenvalue weighted by atomic mass is 32.1. The van der Waals surface area contributed by atoms with Crippen LogP contribution in [0.3, 0.4) is 0 Å². The Balaban J connectivity index is 2.98. The molecule has 1 aromatic carbocycles. The van der Waals surface area contributed by atoms with Crippen molar-refractivity contribution >= 4 is 17.2 Å². The van der Waals surface area contributed by atoms with Gasteiger partial charge < -0.3 is 15.2 Å². The Kier molecular flexibility index (Phi) is 6.91. The van der Waals surface area contributed by atoms with Crippen LogP contribution in [-0.2, 0) is 11.3 Å². The van der Waals surface area contributed by atoms with E-state index < -0.39 is 0 Å². The van der Waals surface area contributed by atoms with Crippen LogP contribution < -0.4 is 10.5 Å². The number of ether oxygens (including phenoxy) is 2. The van der Waals surface area contributed by atoms with Gasteiger partial charge in [-0.3, -0.25) is 4.90 Å². The van der Waals surface area contributed by atoms with Crippen LogP contribution in [0.2, 0.25) is 0 Å². The van der Waals surface area contributed by atoms with Crippen molar-refractivity contribution in [3.8, 4) is 5.75 Å². The molecule has 20 heavy (non-hydrogen) atoms. The van der Waals surface area contributed by atoms with Gasteiger partial charge in [0.05, 0.1) is 13.7 Å². The Morgan fingerprint density at radius 1 is 1.40 bits per heavy atom. The van der Waals surface area contributed by atoms with Crippen molar-refractivity contribution in [1.82, 2.24) is 4.90 Å². The maximum Gasteiger partial charge on any atom is 0.123 e. The predicted octanol–water partition coefficient (Wildman–Crippen LogP) is 2.19. The smallest absolute Gasteiger partial charge is 0.123 e. The standard InChI is InChI=1S/C15H24N2O2S/c1-5-17(11(2)10-18-3)9-13-8-12(15(16)20)6-7-14(13)19-4/h6-8,11H,5,9-10H2,1-4H3,(H2,16,20). The third-order valence-electron chi connectivity index (χ3n) is 3.38. The van der Waals surface area contributed by atoms with Crippen LogP contribution in [0.15, 0.2) is 18.2 Å². The lowest BCUT2D eigenvalue weighted by Gasteiger charge is -2.28. The second kappa shape index (κ2) is 8.19. The quantitative estimate of drug-likeness (QED) is 0.745. The molecule has 1 rings (SSSR count). The minimum absolute atomic E-state index is 0.336. The van der Waals surface area contributed by atoms with Gasteiger partial charge in [-0.25, -0.2) is 0 Å². The number of likely N-dealkylation sites (N-methyl/N-ethyl adjacent to an activating group) is 1. The van der Waals surface area contributed by atoms with E-state index in [4.69, 9.17) is 27.4 Å². The fourth-order valence-corrected chi connectivity index (χ4v) is 2.33. The summed E-state index contributed by atoms with van der Waals surface area (Å²) in [5, 5.41) is 0. The first kappa shape index (κ1) is 16.9. The minimum atomic E-state index is 0.336. The zero-order valence-electron chi connectivity index (χ0n) is 12.7. The molecule has 0 aliphatic rings. The highest BCUT2D eigenvalue weighted by molar-refractivity contribution is 7.80. The van der Waals surface area contributed by atoms with Gasteiger partial charge in [-0.15, -0.1) is 0 Å². The highest BCUT2D eigenvalue weighted by Gasteiger charge is 2.15.